The van der Waals surface area contributed by atoms with Crippen molar-refractivity contribution in [3.8, 4) is 0 Å². The van der Waals surface area contributed by atoms with Crippen molar-refractivity contribution in [3.63, 3.8) is 0 Å². The fraction of sp³-hybridized carbons (Fsp3) is 0. The number of halogens is 3. The first kappa shape index (κ1) is 14.1. The van der Waals surface area contributed by atoms with Gasteiger partial charge in [0.05, 0.1) is 0 Å². The van der Waals surface area contributed by atoms with Crippen molar-refractivity contribution in [2.24, 2.45) is 4.99 Å². The summed E-state index contributed by atoms with van der Waals surface area (Å²) in [6, 6.07) is 9.09. The van der Waals surface area contributed by atoms with Crippen LogP contribution in [0.2, 0.25) is 0 Å². The molecule has 2 aromatic carbocycles. The number of carbonyl (C=O) groups is 1. The molecule has 1 heterocycles. The minimum atomic E-state index is -1.04. The van der Waals surface area contributed by atoms with Gasteiger partial charge < -0.3 is 5.32 Å². The normalized spacial score (nSPS) is 15.9. The fourth-order valence-electron chi connectivity index (χ4n) is 1.99. The highest BCUT2D eigenvalue weighted by molar-refractivity contribution is 6.19. The lowest BCUT2D eigenvalue weighted by atomic mass is 10.2. The van der Waals surface area contributed by atoms with E-state index in [0.717, 1.165) is 12.1 Å². The van der Waals surface area contributed by atoms with E-state index in [9.17, 15) is 18.0 Å². The largest absolute Gasteiger partial charge is 0.305 e. The van der Waals surface area contributed by atoms with Crippen molar-refractivity contribution in [3.05, 3.63) is 76.7 Å². The summed E-state index contributed by atoms with van der Waals surface area (Å²) >= 11 is 0. The van der Waals surface area contributed by atoms with Crippen LogP contribution in [-0.4, -0.2) is 11.7 Å². The van der Waals surface area contributed by atoms with Crippen molar-refractivity contribution in [2.45, 2.75) is 0 Å². The molecule has 0 saturated carbocycles. The summed E-state index contributed by atoms with van der Waals surface area (Å²) in [5, 5.41) is 2.44. The average Bonchev–Trinajstić information content (AvgIpc) is 2.85. The van der Waals surface area contributed by atoms with E-state index in [1.54, 1.807) is 6.07 Å². The molecule has 1 N–H and O–H groups in total. The number of aliphatic imine (C=N–C) groups is 1. The first-order valence-electron chi connectivity index (χ1n) is 6.36. The number of amidine groups is 1. The molecule has 3 nitrogen and oxygen atoms in total. The van der Waals surface area contributed by atoms with E-state index in [2.05, 4.69) is 10.3 Å². The molecule has 2 aromatic rings. The van der Waals surface area contributed by atoms with Gasteiger partial charge in [-0.1, -0.05) is 18.2 Å². The Hall–Kier alpha value is -2.89. The van der Waals surface area contributed by atoms with E-state index >= 15 is 0 Å². The highest BCUT2D eigenvalue weighted by Gasteiger charge is 2.22. The zero-order valence-electron chi connectivity index (χ0n) is 11.1. The Morgan fingerprint density at radius 3 is 2.45 bits per heavy atom. The molecular weight excluding hydrogens is 293 g/mol. The van der Waals surface area contributed by atoms with Gasteiger partial charge in [0.15, 0.2) is 11.6 Å². The third kappa shape index (κ3) is 2.63. The van der Waals surface area contributed by atoms with Crippen LogP contribution >= 0.6 is 0 Å². The number of hydrogen-bond acceptors (Lipinski definition) is 2. The highest BCUT2D eigenvalue weighted by atomic mass is 19.2. The molecule has 0 aromatic heterocycles. The summed E-state index contributed by atoms with van der Waals surface area (Å²) in [4.78, 5) is 15.8. The summed E-state index contributed by atoms with van der Waals surface area (Å²) in [6.45, 7) is 0. The summed E-state index contributed by atoms with van der Waals surface area (Å²) in [5.74, 6) is -2.97. The second-order valence-electron chi connectivity index (χ2n) is 4.59. The number of benzene rings is 2. The fourth-order valence-corrected chi connectivity index (χ4v) is 1.99. The molecule has 0 saturated heterocycles. The monoisotopic (exact) mass is 302 g/mol. The molecule has 1 amide bonds. The molecule has 0 radical (unpaired) electrons. The smallest absolute Gasteiger partial charge is 0.275 e. The van der Waals surface area contributed by atoms with Gasteiger partial charge in [-0.15, -0.1) is 0 Å². The molecule has 0 bridgehead atoms. The molecule has 6 heteroatoms. The predicted molar refractivity (Wildman–Crippen MR) is 75.4 cm³/mol. The number of rotatable bonds is 2. The van der Waals surface area contributed by atoms with Gasteiger partial charge >= 0.3 is 0 Å². The molecule has 0 fully saturated rings. The van der Waals surface area contributed by atoms with Gasteiger partial charge in [-0.3, -0.25) is 4.79 Å². The topological polar surface area (TPSA) is 41.5 Å². The first-order chi connectivity index (χ1) is 10.5. The summed E-state index contributed by atoms with van der Waals surface area (Å²) in [7, 11) is 0. The molecule has 110 valence electrons. The second kappa shape index (κ2) is 5.48. The SMILES string of the molecule is O=C1NC(c2ccc(F)c(F)c2)=N/C1=C\c1ccccc1F. The minimum absolute atomic E-state index is 0.00941. The lowest BCUT2D eigenvalue weighted by Crippen LogP contribution is -2.24. The van der Waals surface area contributed by atoms with Gasteiger partial charge in [-0.05, 0) is 30.3 Å². The quantitative estimate of drug-likeness (QED) is 0.851. The third-order valence-corrected chi connectivity index (χ3v) is 3.09. The van der Waals surface area contributed by atoms with Crippen LogP contribution in [0.25, 0.3) is 6.08 Å². The molecule has 22 heavy (non-hydrogen) atoms. The van der Waals surface area contributed by atoms with Crippen LogP contribution in [0.1, 0.15) is 11.1 Å². The van der Waals surface area contributed by atoms with E-state index in [0.29, 0.717) is 0 Å². The standard InChI is InChI=1S/C16H9F3N2O/c17-11-4-2-1-3-9(11)8-14-16(22)21-15(20-14)10-5-6-12(18)13(19)7-10/h1-8H,(H,20,21,22)/b14-8-. The maximum absolute atomic E-state index is 13.6. The molecule has 0 aliphatic carbocycles. The van der Waals surface area contributed by atoms with Crippen molar-refractivity contribution >= 4 is 17.8 Å². The van der Waals surface area contributed by atoms with Gasteiger partial charge in [-0.25, -0.2) is 18.2 Å². The van der Waals surface area contributed by atoms with Crippen LogP contribution in [0.4, 0.5) is 13.2 Å². The van der Waals surface area contributed by atoms with Gasteiger partial charge in [-0.2, -0.15) is 0 Å². The Morgan fingerprint density at radius 2 is 1.73 bits per heavy atom. The number of carbonyl (C=O) groups excluding carboxylic acids is 1. The lowest BCUT2D eigenvalue weighted by molar-refractivity contribution is -0.115. The number of nitrogens with zero attached hydrogens (tertiary/aromatic N) is 1. The first-order valence-corrected chi connectivity index (χ1v) is 6.36. The highest BCUT2D eigenvalue weighted by Crippen LogP contribution is 2.18. The molecule has 0 spiro atoms. The van der Waals surface area contributed by atoms with Crippen LogP contribution < -0.4 is 5.32 Å². The van der Waals surface area contributed by atoms with E-state index in [4.69, 9.17) is 0 Å². The van der Waals surface area contributed by atoms with Gasteiger partial charge in [0.25, 0.3) is 5.91 Å². The third-order valence-electron chi connectivity index (χ3n) is 3.09. The van der Waals surface area contributed by atoms with Crippen LogP contribution in [0.15, 0.2) is 53.2 Å². The second-order valence-corrected chi connectivity index (χ2v) is 4.59. The predicted octanol–water partition coefficient (Wildman–Crippen LogP) is 3.02. The minimum Gasteiger partial charge on any atom is -0.305 e. The maximum atomic E-state index is 13.6. The van der Waals surface area contributed by atoms with Gasteiger partial charge in [0, 0.05) is 11.1 Å². The van der Waals surface area contributed by atoms with Crippen LogP contribution in [-0.2, 0) is 4.79 Å². The zero-order chi connectivity index (χ0) is 15.7. The Balaban J connectivity index is 1.98. The van der Waals surface area contributed by atoms with Gasteiger partial charge in [0.2, 0.25) is 0 Å². The Labute approximate surface area is 123 Å². The van der Waals surface area contributed by atoms with Crippen LogP contribution in [0.5, 0.6) is 0 Å². The maximum Gasteiger partial charge on any atom is 0.275 e. The molecule has 1 aliphatic heterocycles. The lowest BCUT2D eigenvalue weighted by Gasteiger charge is -2.00. The number of nitrogens with one attached hydrogen (secondary N) is 1. The van der Waals surface area contributed by atoms with E-state index < -0.39 is 23.4 Å². The Morgan fingerprint density at radius 1 is 0.955 bits per heavy atom. The Kier molecular flexibility index (Phi) is 3.50. The summed E-state index contributed by atoms with van der Waals surface area (Å²) in [6.07, 6.45) is 1.29. The van der Waals surface area contributed by atoms with E-state index in [-0.39, 0.29) is 22.7 Å². The van der Waals surface area contributed by atoms with Crippen molar-refractivity contribution in [2.75, 3.05) is 0 Å². The molecule has 0 atom stereocenters. The van der Waals surface area contributed by atoms with Crippen LogP contribution in [0, 0.1) is 17.5 Å². The van der Waals surface area contributed by atoms with E-state index in [1.165, 1.54) is 30.3 Å². The summed E-state index contributed by atoms with van der Waals surface area (Å²) < 4.78 is 39.7. The van der Waals surface area contributed by atoms with Crippen molar-refractivity contribution in [1.82, 2.24) is 5.32 Å². The molecule has 1 aliphatic rings. The molecule has 0 unspecified atom stereocenters. The molecular formula is C16H9F3N2O. The molecule has 3 rings (SSSR count). The van der Waals surface area contributed by atoms with E-state index in [1.807, 2.05) is 0 Å². The number of amides is 1. The van der Waals surface area contributed by atoms with Crippen LogP contribution in [0.3, 0.4) is 0 Å². The number of hydrogen-bond donors (Lipinski definition) is 1. The van der Waals surface area contributed by atoms with Gasteiger partial charge in [0.1, 0.15) is 17.3 Å². The van der Waals surface area contributed by atoms with Crippen molar-refractivity contribution < 1.29 is 18.0 Å². The average molecular weight is 302 g/mol. The Bertz CT molecular complexity index is 828. The van der Waals surface area contributed by atoms with Crippen molar-refractivity contribution in [1.29, 1.82) is 0 Å². The zero-order valence-corrected chi connectivity index (χ0v) is 11.1. The summed E-state index contributed by atoms with van der Waals surface area (Å²) in [5.41, 5.74) is 0.428.